The summed E-state index contributed by atoms with van der Waals surface area (Å²) in [6, 6.07) is 1.54. The van der Waals surface area contributed by atoms with E-state index in [9.17, 15) is 22.8 Å². The smallest absolute Gasteiger partial charge is 0.341 e. The first-order valence-corrected chi connectivity index (χ1v) is 9.02. The molecule has 0 unspecified atom stereocenters. The number of carbonyl (C=O) groups is 2. The average Bonchev–Trinajstić information content (AvgIpc) is 2.97. The van der Waals surface area contributed by atoms with Crippen molar-refractivity contribution in [1.82, 2.24) is 0 Å². The molecule has 0 saturated heterocycles. The first-order chi connectivity index (χ1) is 12.4. The van der Waals surface area contributed by atoms with Gasteiger partial charge in [-0.3, -0.25) is 4.79 Å². The van der Waals surface area contributed by atoms with Crippen molar-refractivity contribution >= 4 is 28.2 Å². The number of thiophene rings is 1. The first kappa shape index (κ1) is 18.4. The molecule has 1 aromatic heterocycles. The number of anilines is 1. The van der Waals surface area contributed by atoms with Crippen molar-refractivity contribution < 1.29 is 27.5 Å². The van der Waals surface area contributed by atoms with Gasteiger partial charge in [0.25, 0.3) is 5.91 Å². The lowest BCUT2D eigenvalue weighted by molar-refractivity contribution is 0.0526. The zero-order valence-electron chi connectivity index (χ0n) is 14.0. The molecule has 2 aromatic rings. The van der Waals surface area contributed by atoms with E-state index in [0.29, 0.717) is 12.5 Å². The number of aryl methyl sites for hydroxylation is 1. The molecule has 26 heavy (non-hydrogen) atoms. The van der Waals surface area contributed by atoms with Crippen LogP contribution in [-0.2, 0) is 17.6 Å². The van der Waals surface area contributed by atoms with E-state index in [1.165, 1.54) is 11.3 Å². The van der Waals surface area contributed by atoms with Gasteiger partial charge in [-0.1, -0.05) is 0 Å². The molecule has 1 amide bonds. The summed E-state index contributed by atoms with van der Waals surface area (Å²) in [5.74, 6) is -6.17. The maximum absolute atomic E-state index is 13.9. The second-order valence-corrected chi connectivity index (χ2v) is 6.92. The highest BCUT2D eigenvalue weighted by Gasteiger charge is 2.28. The molecule has 0 bridgehead atoms. The van der Waals surface area contributed by atoms with Crippen molar-refractivity contribution in [3.05, 3.63) is 51.2 Å². The molecule has 8 heteroatoms. The Balaban J connectivity index is 1.97. The lowest BCUT2D eigenvalue weighted by Crippen LogP contribution is -2.17. The third-order valence-corrected chi connectivity index (χ3v) is 5.36. The maximum Gasteiger partial charge on any atom is 0.341 e. The minimum Gasteiger partial charge on any atom is -0.462 e. The lowest BCUT2D eigenvalue weighted by Gasteiger charge is -2.12. The molecule has 1 heterocycles. The van der Waals surface area contributed by atoms with E-state index in [0.717, 1.165) is 35.8 Å². The van der Waals surface area contributed by atoms with Gasteiger partial charge >= 0.3 is 5.97 Å². The van der Waals surface area contributed by atoms with E-state index in [4.69, 9.17) is 4.74 Å². The van der Waals surface area contributed by atoms with Crippen molar-refractivity contribution in [2.24, 2.45) is 0 Å². The van der Waals surface area contributed by atoms with Gasteiger partial charge in [0.15, 0.2) is 17.5 Å². The van der Waals surface area contributed by atoms with E-state index in [1.54, 1.807) is 6.92 Å². The summed E-state index contributed by atoms with van der Waals surface area (Å²) in [5.41, 5.74) is 0.466. The Morgan fingerprint density at radius 3 is 2.62 bits per heavy atom. The number of benzene rings is 1. The van der Waals surface area contributed by atoms with E-state index in [-0.39, 0.29) is 17.2 Å². The molecule has 0 fully saturated rings. The molecular weight excluding hydrogens is 367 g/mol. The van der Waals surface area contributed by atoms with E-state index in [1.807, 2.05) is 0 Å². The van der Waals surface area contributed by atoms with Crippen LogP contribution in [0.4, 0.5) is 18.2 Å². The fraction of sp³-hybridized carbons (Fsp3) is 0.333. The van der Waals surface area contributed by atoms with Crippen LogP contribution in [0.3, 0.4) is 0 Å². The molecule has 3 rings (SSSR count). The quantitative estimate of drug-likeness (QED) is 0.626. The topological polar surface area (TPSA) is 55.4 Å². The van der Waals surface area contributed by atoms with Gasteiger partial charge in [-0.2, -0.15) is 0 Å². The minimum atomic E-state index is -1.71. The number of hydrogen-bond acceptors (Lipinski definition) is 4. The Morgan fingerprint density at radius 1 is 1.15 bits per heavy atom. The van der Waals surface area contributed by atoms with Crippen LogP contribution in [0.15, 0.2) is 12.1 Å². The second kappa shape index (κ2) is 7.49. The zero-order valence-corrected chi connectivity index (χ0v) is 14.8. The van der Waals surface area contributed by atoms with Gasteiger partial charge in [0.2, 0.25) is 0 Å². The van der Waals surface area contributed by atoms with Crippen LogP contribution in [0.1, 0.15) is 50.9 Å². The highest BCUT2D eigenvalue weighted by Crippen LogP contribution is 2.39. The normalized spacial score (nSPS) is 13.2. The molecule has 0 atom stereocenters. The molecule has 0 radical (unpaired) electrons. The number of amides is 1. The SMILES string of the molecule is CCOC(=O)c1c(NC(=O)c2ccc(F)c(F)c2F)sc2c1CCCC2. The summed E-state index contributed by atoms with van der Waals surface area (Å²) in [6.07, 6.45) is 3.36. The van der Waals surface area contributed by atoms with Crippen molar-refractivity contribution in [2.45, 2.75) is 32.6 Å². The predicted octanol–water partition coefficient (Wildman–Crippen LogP) is 4.47. The van der Waals surface area contributed by atoms with Gasteiger partial charge in [-0.15, -0.1) is 11.3 Å². The number of fused-ring (bicyclic) bond motifs is 1. The third-order valence-electron chi connectivity index (χ3n) is 4.16. The van der Waals surface area contributed by atoms with Crippen LogP contribution >= 0.6 is 11.3 Å². The van der Waals surface area contributed by atoms with Crippen molar-refractivity contribution in [3.63, 3.8) is 0 Å². The summed E-state index contributed by atoms with van der Waals surface area (Å²) in [5, 5.41) is 2.70. The molecule has 4 nitrogen and oxygen atoms in total. The van der Waals surface area contributed by atoms with Gasteiger partial charge in [0.1, 0.15) is 5.00 Å². The third kappa shape index (κ3) is 3.33. The van der Waals surface area contributed by atoms with E-state index in [2.05, 4.69) is 5.32 Å². The van der Waals surface area contributed by atoms with Crippen LogP contribution in [-0.4, -0.2) is 18.5 Å². The van der Waals surface area contributed by atoms with Crippen LogP contribution in [0.25, 0.3) is 0 Å². The summed E-state index contributed by atoms with van der Waals surface area (Å²) < 4.78 is 45.4. The molecule has 0 aliphatic heterocycles. The number of halogens is 3. The predicted molar refractivity (Wildman–Crippen MR) is 91.2 cm³/mol. The average molecular weight is 383 g/mol. The fourth-order valence-electron chi connectivity index (χ4n) is 2.94. The number of nitrogens with one attached hydrogen (secondary N) is 1. The molecule has 1 aliphatic rings. The van der Waals surface area contributed by atoms with Gasteiger partial charge in [-0.05, 0) is 50.3 Å². The Hall–Kier alpha value is -2.35. The summed E-state index contributed by atoms with van der Waals surface area (Å²) in [4.78, 5) is 25.7. The van der Waals surface area contributed by atoms with Crippen LogP contribution in [0.5, 0.6) is 0 Å². The van der Waals surface area contributed by atoms with Crippen molar-refractivity contribution in [3.8, 4) is 0 Å². The summed E-state index contributed by atoms with van der Waals surface area (Å²) >= 11 is 1.23. The highest BCUT2D eigenvalue weighted by atomic mass is 32.1. The minimum absolute atomic E-state index is 0.175. The number of ether oxygens (including phenoxy) is 1. The molecule has 0 saturated carbocycles. The molecule has 1 aromatic carbocycles. The molecule has 138 valence electrons. The molecule has 0 spiro atoms. The summed E-state index contributed by atoms with van der Waals surface area (Å²) in [6.45, 7) is 1.85. The van der Waals surface area contributed by atoms with Gasteiger partial charge < -0.3 is 10.1 Å². The Bertz CT molecular complexity index is 879. The number of hydrogen-bond donors (Lipinski definition) is 1. The van der Waals surface area contributed by atoms with Gasteiger partial charge in [-0.25, -0.2) is 18.0 Å². The second-order valence-electron chi connectivity index (χ2n) is 5.81. The van der Waals surface area contributed by atoms with Crippen LogP contribution < -0.4 is 5.32 Å². The Kier molecular flexibility index (Phi) is 5.31. The standard InChI is InChI=1S/C18H16F3NO3S/c1-2-25-18(24)13-9-5-3-4-6-12(9)26-17(13)22-16(23)10-7-8-11(19)15(21)14(10)20/h7-8H,2-6H2,1H3,(H,22,23). The molecule has 1 aliphatic carbocycles. The van der Waals surface area contributed by atoms with Crippen LogP contribution in [0.2, 0.25) is 0 Å². The lowest BCUT2D eigenvalue weighted by atomic mass is 9.95. The van der Waals surface area contributed by atoms with E-state index >= 15 is 0 Å². The van der Waals surface area contributed by atoms with E-state index < -0.39 is 34.9 Å². The number of esters is 1. The fourth-order valence-corrected chi connectivity index (χ4v) is 4.22. The Morgan fingerprint density at radius 2 is 1.88 bits per heavy atom. The number of rotatable bonds is 4. The zero-order chi connectivity index (χ0) is 18.8. The monoisotopic (exact) mass is 383 g/mol. The summed E-state index contributed by atoms with van der Waals surface area (Å²) in [7, 11) is 0. The van der Waals surface area contributed by atoms with Crippen LogP contribution in [0, 0.1) is 17.5 Å². The Labute approximate surface area is 152 Å². The van der Waals surface area contributed by atoms with Gasteiger partial charge in [0, 0.05) is 4.88 Å². The largest absolute Gasteiger partial charge is 0.462 e. The van der Waals surface area contributed by atoms with Crippen molar-refractivity contribution in [1.29, 1.82) is 0 Å². The first-order valence-electron chi connectivity index (χ1n) is 8.20. The van der Waals surface area contributed by atoms with Crippen molar-refractivity contribution in [2.75, 3.05) is 11.9 Å². The number of carbonyl (C=O) groups excluding carboxylic acids is 2. The molecule has 1 N–H and O–H groups in total. The van der Waals surface area contributed by atoms with Gasteiger partial charge in [0.05, 0.1) is 17.7 Å². The maximum atomic E-state index is 13.9. The highest BCUT2D eigenvalue weighted by molar-refractivity contribution is 7.17. The molecular formula is C18H16F3NO3S.